The first-order chi connectivity index (χ1) is 14.6. The van der Waals surface area contributed by atoms with Crippen LogP contribution in [0.15, 0.2) is 30.3 Å². The Morgan fingerprint density at radius 3 is 2.53 bits per heavy atom. The van der Waals surface area contributed by atoms with E-state index in [0.29, 0.717) is 12.3 Å². The molecule has 1 aliphatic carbocycles. The summed E-state index contributed by atoms with van der Waals surface area (Å²) in [5.41, 5.74) is 1.39. The van der Waals surface area contributed by atoms with Gasteiger partial charge in [-0.25, -0.2) is 0 Å². The van der Waals surface area contributed by atoms with Crippen molar-refractivity contribution in [1.29, 1.82) is 0 Å². The average molecular weight is 414 g/mol. The van der Waals surface area contributed by atoms with Gasteiger partial charge in [0.1, 0.15) is 6.04 Å². The Morgan fingerprint density at radius 2 is 1.77 bits per heavy atom. The van der Waals surface area contributed by atoms with Crippen molar-refractivity contribution in [2.24, 2.45) is 5.92 Å². The summed E-state index contributed by atoms with van der Waals surface area (Å²) in [5, 5.41) is 2.96. The highest BCUT2D eigenvalue weighted by atomic mass is 16.2. The second kappa shape index (κ2) is 12.1. The summed E-state index contributed by atoms with van der Waals surface area (Å²) in [7, 11) is 0. The van der Waals surface area contributed by atoms with Gasteiger partial charge >= 0.3 is 0 Å². The zero-order chi connectivity index (χ0) is 21.2. The first-order valence-corrected chi connectivity index (χ1v) is 12.0. The van der Waals surface area contributed by atoms with E-state index >= 15 is 0 Å². The number of carbonyl (C=O) groups is 2. The van der Waals surface area contributed by atoms with Crippen molar-refractivity contribution in [1.82, 2.24) is 15.1 Å². The van der Waals surface area contributed by atoms with Crippen molar-refractivity contribution in [3.8, 4) is 0 Å². The van der Waals surface area contributed by atoms with Crippen LogP contribution in [0.4, 0.5) is 0 Å². The third-order valence-corrected chi connectivity index (χ3v) is 6.63. The first kappa shape index (κ1) is 22.8. The molecular weight excluding hydrogens is 374 g/mol. The van der Waals surface area contributed by atoms with E-state index in [1.807, 2.05) is 11.8 Å². The highest BCUT2D eigenvalue weighted by Gasteiger charge is 2.25. The quantitative estimate of drug-likeness (QED) is 0.708. The summed E-state index contributed by atoms with van der Waals surface area (Å²) in [6.45, 7) is 6.42. The van der Waals surface area contributed by atoms with Crippen LogP contribution < -0.4 is 5.32 Å². The summed E-state index contributed by atoms with van der Waals surface area (Å²) in [6.07, 6.45) is 9.90. The van der Waals surface area contributed by atoms with Crippen LogP contribution in [0.25, 0.3) is 0 Å². The Balaban J connectivity index is 1.36. The normalized spacial score (nSPS) is 19.8. The third kappa shape index (κ3) is 7.42. The van der Waals surface area contributed by atoms with E-state index in [0.717, 1.165) is 64.8 Å². The molecule has 2 amide bonds. The molecule has 1 aromatic rings. The van der Waals surface area contributed by atoms with Crippen LogP contribution in [-0.4, -0.2) is 60.4 Å². The SMILES string of the molecule is CC(NC(=O)CC1CCCCC1)C(=O)N1CCCN(CCCc2ccccc2)CC1. The minimum absolute atomic E-state index is 0.0418. The summed E-state index contributed by atoms with van der Waals surface area (Å²) in [5.74, 6) is 0.613. The molecule has 30 heavy (non-hydrogen) atoms. The summed E-state index contributed by atoms with van der Waals surface area (Å²) in [4.78, 5) is 29.7. The van der Waals surface area contributed by atoms with Crippen LogP contribution in [0.5, 0.6) is 0 Å². The molecule has 166 valence electrons. The fourth-order valence-corrected chi connectivity index (χ4v) is 4.86. The molecule has 1 heterocycles. The van der Waals surface area contributed by atoms with Crippen LogP contribution in [0, 0.1) is 5.92 Å². The second-order valence-corrected chi connectivity index (χ2v) is 9.11. The van der Waals surface area contributed by atoms with Gasteiger partial charge in [0, 0.05) is 26.1 Å². The molecule has 1 N–H and O–H groups in total. The molecule has 1 atom stereocenters. The summed E-state index contributed by atoms with van der Waals surface area (Å²) >= 11 is 0. The van der Waals surface area contributed by atoms with E-state index < -0.39 is 6.04 Å². The van der Waals surface area contributed by atoms with E-state index in [9.17, 15) is 9.59 Å². The van der Waals surface area contributed by atoms with Gasteiger partial charge < -0.3 is 15.1 Å². The molecule has 3 rings (SSSR count). The number of carbonyl (C=O) groups excluding carboxylic acids is 2. The van der Waals surface area contributed by atoms with Crippen molar-refractivity contribution >= 4 is 11.8 Å². The number of nitrogens with one attached hydrogen (secondary N) is 1. The molecule has 0 bridgehead atoms. The Bertz CT molecular complexity index is 658. The Morgan fingerprint density at radius 1 is 1.00 bits per heavy atom. The van der Waals surface area contributed by atoms with E-state index in [4.69, 9.17) is 0 Å². The predicted molar refractivity (Wildman–Crippen MR) is 121 cm³/mol. The van der Waals surface area contributed by atoms with Gasteiger partial charge in [0.25, 0.3) is 0 Å². The molecule has 0 radical (unpaired) electrons. The van der Waals surface area contributed by atoms with Crippen molar-refractivity contribution in [3.05, 3.63) is 35.9 Å². The van der Waals surface area contributed by atoms with Gasteiger partial charge in [-0.1, -0.05) is 49.6 Å². The lowest BCUT2D eigenvalue weighted by Gasteiger charge is -2.26. The summed E-state index contributed by atoms with van der Waals surface area (Å²) < 4.78 is 0. The van der Waals surface area contributed by atoms with Crippen LogP contribution in [0.1, 0.15) is 63.9 Å². The van der Waals surface area contributed by atoms with Gasteiger partial charge in [-0.3, -0.25) is 9.59 Å². The average Bonchev–Trinajstić information content (AvgIpc) is 3.00. The molecule has 1 saturated carbocycles. The fourth-order valence-electron chi connectivity index (χ4n) is 4.86. The number of rotatable bonds is 8. The van der Waals surface area contributed by atoms with Crippen LogP contribution >= 0.6 is 0 Å². The predicted octanol–water partition coefficient (Wildman–Crippen LogP) is 3.63. The monoisotopic (exact) mass is 413 g/mol. The first-order valence-electron chi connectivity index (χ1n) is 12.0. The van der Waals surface area contributed by atoms with Gasteiger partial charge in [-0.2, -0.15) is 0 Å². The summed E-state index contributed by atoms with van der Waals surface area (Å²) in [6, 6.07) is 10.2. The van der Waals surface area contributed by atoms with Crippen LogP contribution in [-0.2, 0) is 16.0 Å². The van der Waals surface area contributed by atoms with E-state index in [1.54, 1.807) is 0 Å². The van der Waals surface area contributed by atoms with Crippen molar-refractivity contribution in [2.45, 2.75) is 70.8 Å². The highest BCUT2D eigenvalue weighted by Crippen LogP contribution is 2.26. The standard InChI is InChI=1S/C25H39N3O2/c1-21(26-24(29)20-23-12-6-3-7-13-23)25(30)28-17-9-16-27(18-19-28)15-8-14-22-10-4-2-5-11-22/h2,4-5,10-11,21,23H,3,6-9,12-20H2,1H3,(H,26,29). The fraction of sp³-hybridized carbons (Fsp3) is 0.680. The largest absolute Gasteiger partial charge is 0.345 e. The molecule has 1 aromatic carbocycles. The minimum atomic E-state index is -0.425. The lowest BCUT2D eigenvalue weighted by Crippen LogP contribution is -2.48. The number of amides is 2. The van der Waals surface area contributed by atoms with Gasteiger partial charge in [0.05, 0.1) is 0 Å². The Hall–Kier alpha value is -1.88. The van der Waals surface area contributed by atoms with Gasteiger partial charge in [-0.05, 0) is 63.6 Å². The zero-order valence-corrected chi connectivity index (χ0v) is 18.7. The van der Waals surface area contributed by atoms with Gasteiger partial charge in [0.2, 0.25) is 11.8 Å². The van der Waals surface area contributed by atoms with Crippen LogP contribution in [0.3, 0.4) is 0 Å². The maximum absolute atomic E-state index is 12.9. The molecule has 2 fully saturated rings. The molecule has 5 heteroatoms. The Kier molecular flexibility index (Phi) is 9.19. The highest BCUT2D eigenvalue weighted by molar-refractivity contribution is 5.87. The van der Waals surface area contributed by atoms with Gasteiger partial charge in [0.15, 0.2) is 0 Å². The number of nitrogens with zero attached hydrogens (tertiary/aromatic N) is 2. The van der Waals surface area contributed by atoms with Crippen molar-refractivity contribution < 1.29 is 9.59 Å². The van der Waals surface area contributed by atoms with E-state index in [2.05, 4.69) is 40.5 Å². The number of aryl methyl sites for hydroxylation is 1. The maximum Gasteiger partial charge on any atom is 0.244 e. The smallest absolute Gasteiger partial charge is 0.244 e. The lowest BCUT2D eigenvalue weighted by atomic mass is 9.87. The number of hydrogen-bond donors (Lipinski definition) is 1. The molecule has 1 unspecified atom stereocenters. The third-order valence-electron chi connectivity index (χ3n) is 6.63. The lowest BCUT2D eigenvalue weighted by molar-refractivity contribution is -0.136. The molecule has 1 saturated heterocycles. The topological polar surface area (TPSA) is 52.7 Å². The molecule has 2 aliphatic rings. The zero-order valence-electron chi connectivity index (χ0n) is 18.7. The molecule has 1 aliphatic heterocycles. The number of benzene rings is 1. The van der Waals surface area contributed by atoms with E-state index in [-0.39, 0.29) is 11.8 Å². The molecule has 0 aromatic heterocycles. The maximum atomic E-state index is 12.9. The van der Waals surface area contributed by atoms with Crippen LogP contribution in [0.2, 0.25) is 0 Å². The second-order valence-electron chi connectivity index (χ2n) is 9.11. The molecule has 5 nitrogen and oxygen atoms in total. The van der Waals surface area contributed by atoms with E-state index in [1.165, 1.54) is 24.8 Å². The Labute approximate surface area is 182 Å². The number of hydrogen-bond acceptors (Lipinski definition) is 3. The van der Waals surface area contributed by atoms with Gasteiger partial charge in [-0.15, -0.1) is 0 Å². The molecule has 0 spiro atoms. The van der Waals surface area contributed by atoms with Crippen molar-refractivity contribution in [2.75, 3.05) is 32.7 Å². The minimum Gasteiger partial charge on any atom is -0.345 e. The van der Waals surface area contributed by atoms with Crippen molar-refractivity contribution in [3.63, 3.8) is 0 Å². The molecular formula is C25H39N3O2.